The first kappa shape index (κ1) is 22.3. The molecule has 35 heavy (non-hydrogen) atoms. The Labute approximate surface area is 201 Å². The topological polar surface area (TPSA) is 86.9 Å². The van der Waals surface area contributed by atoms with Crippen molar-refractivity contribution in [2.45, 2.75) is 19.3 Å². The highest BCUT2D eigenvalue weighted by Crippen LogP contribution is 2.31. The molecular weight excluding hydrogens is 443 g/mol. The summed E-state index contributed by atoms with van der Waals surface area (Å²) in [6.45, 7) is 0. The number of hydrogen-bond donors (Lipinski definition) is 3. The number of aryl methyl sites for hydroxylation is 1. The van der Waals surface area contributed by atoms with Crippen LogP contribution in [-0.2, 0) is 11.2 Å². The molecule has 0 spiro atoms. The van der Waals surface area contributed by atoms with Crippen LogP contribution in [0.5, 0.6) is 0 Å². The van der Waals surface area contributed by atoms with E-state index in [4.69, 9.17) is 4.98 Å². The first-order valence-electron chi connectivity index (χ1n) is 11.4. The fourth-order valence-corrected chi connectivity index (χ4v) is 4.17. The van der Waals surface area contributed by atoms with E-state index in [1.807, 2.05) is 48.5 Å². The van der Waals surface area contributed by atoms with Gasteiger partial charge in [0.25, 0.3) is 5.91 Å². The second-order valence-corrected chi connectivity index (χ2v) is 8.28. The molecule has 0 saturated heterocycles. The van der Waals surface area contributed by atoms with Crippen molar-refractivity contribution < 1.29 is 14.0 Å². The molecule has 2 aromatic heterocycles. The van der Waals surface area contributed by atoms with Gasteiger partial charge in [-0.1, -0.05) is 42.5 Å². The van der Waals surface area contributed by atoms with E-state index in [1.54, 1.807) is 0 Å². The van der Waals surface area contributed by atoms with Crippen LogP contribution < -0.4 is 10.9 Å². The number of para-hydroxylation sites is 2. The van der Waals surface area contributed by atoms with E-state index in [0.29, 0.717) is 12.8 Å². The van der Waals surface area contributed by atoms with E-state index in [2.05, 4.69) is 28.0 Å². The van der Waals surface area contributed by atoms with Crippen LogP contribution in [0, 0.1) is 5.82 Å². The average Bonchev–Trinajstić information content (AvgIpc) is 3.26. The second-order valence-electron chi connectivity index (χ2n) is 8.28. The summed E-state index contributed by atoms with van der Waals surface area (Å²) in [6.07, 6.45) is 1.47. The summed E-state index contributed by atoms with van der Waals surface area (Å²) in [7, 11) is 0. The third-order valence-electron chi connectivity index (χ3n) is 5.92. The SMILES string of the molecule is O=C(CCCc1c(-c2ccc3ccccc3n2)[nH]c2ccccc12)NNC(=O)c1ccc(F)cc1. The number of amides is 2. The number of nitrogens with one attached hydrogen (secondary N) is 3. The summed E-state index contributed by atoms with van der Waals surface area (Å²) in [4.78, 5) is 32.8. The van der Waals surface area contributed by atoms with Crippen LogP contribution in [0.2, 0.25) is 0 Å². The van der Waals surface area contributed by atoms with Crippen LogP contribution >= 0.6 is 0 Å². The van der Waals surface area contributed by atoms with Crippen LogP contribution in [0.25, 0.3) is 33.2 Å². The van der Waals surface area contributed by atoms with Gasteiger partial charge in [0.2, 0.25) is 5.91 Å². The summed E-state index contributed by atoms with van der Waals surface area (Å²) in [5.41, 5.74) is 9.90. The third-order valence-corrected chi connectivity index (χ3v) is 5.92. The van der Waals surface area contributed by atoms with E-state index < -0.39 is 11.7 Å². The number of halogens is 1. The average molecular weight is 467 g/mol. The van der Waals surface area contributed by atoms with Crippen LogP contribution in [0.4, 0.5) is 4.39 Å². The number of H-pyrrole nitrogens is 1. The van der Waals surface area contributed by atoms with Crippen LogP contribution in [-0.4, -0.2) is 21.8 Å². The fourth-order valence-electron chi connectivity index (χ4n) is 4.17. The van der Waals surface area contributed by atoms with Gasteiger partial charge in [-0.15, -0.1) is 0 Å². The minimum absolute atomic E-state index is 0.230. The predicted molar refractivity (Wildman–Crippen MR) is 134 cm³/mol. The summed E-state index contributed by atoms with van der Waals surface area (Å²) in [5, 5.41) is 2.18. The smallest absolute Gasteiger partial charge is 0.269 e. The normalized spacial score (nSPS) is 11.0. The molecule has 0 radical (unpaired) electrons. The number of carbonyl (C=O) groups excluding carboxylic acids is 2. The maximum absolute atomic E-state index is 13.0. The number of nitrogens with zero attached hydrogens (tertiary/aromatic N) is 1. The predicted octanol–water partition coefficient (Wildman–Crippen LogP) is 5.31. The van der Waals surface area contributed by atoms with Crippen LogP contribution in [0.3, 0.4) is 0 Å². The molecule has 0 saturated carbocycles. The van der Waals surface area contributed by atoms with Gasteiger partial charge in [-0.05, 0) is 60.9 Å². The summed E-state index contributed by atoms with van der Waals surface area (Å²) >= 11 is 0. The van der Waals surface area contributed by atoms with Gasteiger partial charge >= 0.3 is 0 Å². The molecule has 5 rings (SSSR count). The lowest BCUT2D eigenvalue weighted by atomic mass is 10.0. The summed E-state index contributed by atoms with van der Waals surface area (Å²) < 4.78 is 13.0. The largest absolute Gasteiger partial charge is 0.353 e. The molecule has 6 nitrogen and oxygen atoms in total. The van der Waals surface area contributed by atoms with Crippen molar-refractivity contribution in [2.75, 3.05) is 0 Å². The van der Waals surface area contributed by atoms with Gasteiger partial charge in [-0.25, -0.2) is 9.37 Å². The lowest BCUT2D eigenvalue weighted by Gasteiger charge is -2.08. The van der Waals surface area contributed by atoms with Crippen LogP contribution in [0.1, 0.15) is 28.8 Å². The van der Waals surface area contributed by atoms with E-state index in [0.717, 1.165) is 38.8 Å². The van der Waals surface area contributed by atoms with Crippen molar-refractivity contribution in [3.63, 3.8) is 0 Å². The molecule has 0 aliphatic carbocycles. The Morgan fingerprint density at radius 1 is 0.857 bits per heavy atom. The number of aromatic amines is 1. The van der Waals surface area contributed by atoms with Gasteiger partial charge in [-0.3, -0.25) is 20.4 Å². The number of hydrazine groups is 1. The zero-order valence-corrected chi connectivity index (χ0v) is 18.8. The molecule has 0 unspecified atom stereocenters. The highest BCUT2D eigenvalue weighted by molar-refractivity contribution is 5.95. The van der Waals surface area contributed by atoms with Crippen molar-refractivity contribution in [1.29, 1.82) is 0 Å². The minimum atomic E-state index is -0.500. The van der Waals surface area contributed by atoms with Gasteiger partial charge in [0.05, 0.1) is 16.9 Å². The van der Waals surface area contributed by atoms with E-state index >= 15 is 0 Å². The summed E-state index contributed by atoms with van der Waals surface area (Å²) in [6, 6.07) is 25.2. The first-order chi connectivity index (χ1) is 17.1. The number of carbonyl (C=O) groups is 2. The monoisotopic (exact) mass is 466 g/mol. The standard InChI is InChI=1S/C28H23FN4O2/c29-20-15-12-19(13-16-20)28(35)33-32-26(34)11-5-8-22-21-7-2-4-10-24(21)31-27(22)25-17-14-18-6-1-3-9-23(18)30-25/h1-4,6-7,9-10,12-17,31H,5,8,11H2,(H,32,34)(H,33,35). The zero-order valence-electron chi connectivity index (χ0n) is 18.8. The zero-order chi connectivity index (χ0) is 24.2. The van der Waals surface area contributed by atoms with E-state index in [-0.39, 0.29) is 17.9 Å². The number of fused-ring (bicyclic) bond motifs is 2. The molecule has 0 fully saturated rings. The molecule has 3 aromatic carbocycles. The molecule has 3 N–H and O–H groups in total. The molecule has 7 heteroatoms. The number of hydrogen-bond acceptors (Lipinski definition) is 3. The van der Waals surface area contributed by atoms with E-state index in [9.17, 15) is 14.0 Å². The van der Waals surface area contributed by atoms with Crippen LogP contribution in [0.15, 0.2) is 84.9 Å². The lowest BCUT2D eigenvalue weighted by molar-refractivity contribution is -0.121. The third kappa shape index (κ3) is 4.89. The first-order valence-corrected chi connectivity index (χ1v) is 11.4. The van der Waals surface area contributed by atoms with Crippen molar-refractivity contribution in [3.8, 4) is 11.4 Å². The molecule has 0 atom stereocenters. The van der Waals surface area contributed by atoms with Gasteiger partial charge in [0.1, 0.15) is 5.82 Å². The Morgan fingerprint density at radius 2 is 1.63 bits per heavy atom. The maximum atomic E-state index is 13.0. The quantitative estimate of drug-likeness (QED) is 0.297. The Morgan fingerprint density at radius 3 is 2.49 bits per heavy atom. The Bertz CT molecular complexity index is 1530. The van der Waals surface area contributed by atoms with Crippen molar-refractivity contribution >= 4 is 33.6 Å². The minimum Gasteiger partial charge on any atom is -0.353 e. The number of aromatic nitrogens is 2. The Kier molecular flexibility index (Phi) is 6.22. The molecule has 2 amide bonds. The van der Waals surface area contributed by atoms with Gasteiger partial charge in [-0.2, -0.15) is 0 Å². The maximum Gasteiger partial charge on any atom is 0.269 e. The Balaban J connectivity index is 1.28. The highest BCUT2D eigenvalue weighted by atomic mass is 19.1. The molecule has 0 bridgehead atoms. The lowest BCUT2D eigenvalue weighted by Crippen LogP contribution is -2.41. The number of rotatable bonds is 6. The molecule has 0 aliphatic heterocycles. The molecule has 5 aromatic rings. The molecule has 174 valence electrons. The second kappa shape index (κ2) is 9.77. The van der Waals surface area contributed by atoms with Gasteiger partial charge in [0.15, 0.2) is 0 Å². The van der Waals surface area contributed by atoms with Gasteiger partial charge < -0.3 is 4.98 Å². The fraction of sp³-hybridized carbons (Fsp3) is 0.107. The highest BCUT2D eigenvalue weighted by Gasteiger charge is 2.15. The van der Waals surface area contributed by atoms with Crippen molar-refractivity contribution in [1.82, 2.24) is 20.8 Å². The van der Waals surface area contributed by atoms with Crippen molar-refractivity contribution in [3.05, 3.63) is 102 Å². The molecule has 0 aliphatic rings. The summed E-state index contributed by atoms with van der Waals surface area (Å²) in [5.74, 6) is -1.23. The molecule has 2 heterocycles. The number of benzene rings is 3. The van der Waals surface area contributed by atoms with Crippen molar-refractivity contribution in [2.24, 2.45) is 0 Å². The van der Waals surface area contributed by atoms with Gasteiger partial charge in [0, 0.05) is 28.3 Å². The number of pyridine rings is 1. The van der Waals surface area contributed by atoms with E-state index in [1.165, 1.54) is 24.3 Å². The molecular formula is C28H23FN4O2. The Hall–Kier alpha value is -4.52.